The molecule has 0 aliphatic rings. The number of benzene rings is 1. The molecule has 2 amide bonds. The molecule has 4 N–H and O–H groups in total. The number of carbonyl (C=O) groups is 2. The largest absolute Gasteiger partial charge is 0.479 e. The molecule has 25 heavy (non-hydrogen) atoms. The maximum Gasteiger partial charge on any atom is 0.337 e. The van der Waals surface area contributed by atoms with Crippen LogP contribution < -0.4 is 10.6 Å². The number of rotatable bonds is 6. The second kappa shape index (κ2) is 7.73. The van der Waals surface area contributed by atoms with Crippen LogP contribution in [0.5, 0.6) is 0 Å². The van der Waals surface area contributed by atoms with Gasteiger partial charge in [-0.3, -0.25) is 5.32 Å². The third-order valence-corrected chi connectivity index (χ3v) is 4.22. The Morgan fingerprint density at radius 1 is 1.32 bits per heavy atom. The molecule has 0 radical (unpaired) electrons. The fourth-order valence-corrected chi connectivity index (χ4v) is 2.27. The zero-order valence-corrected chi connectivity index (χ0v) is 14.7. The number of hydrogen-bond donors (Lipinski definition) is 4. The highest BCUT2D eigenvalue weighted by molar-refractivity contribution is 6.42. The number of nitrogens with one attached hydrogen (secondary N) is 2. The average Bonchev–Trinajstić information content (AvgIpc) is 2.97. The van der Waals surface area contributed by atoms with Crippen LogP contribution in [0.25, 0.3) is 0 Å². The van der Waals surface area contributed by atoms with Gasteiger partial charge in [-0.1, -0.05) is 35.3 Å². The lowest BCUT2D eigenvalue weighted by Gasteiger charge is -2.18. The van der Waals surface area contributed by atoms with Crippen molar-refractivity contribution < 1.29 is 19.8 Å². The molecule has 1 atom stereocenters. The standard InChI is InChI=1S/C15H16Cl2N4O4/c1-15(25,13(22)23)8-18-14(24)20-11-5-6-19-21(11)7-9-3-2-4-10(16)12(9)17/h2-6,25H,7-8H2,1H3,(H,22,23)(H2,18,20,24). The van der Waals surface area contributed by atoms with Crippen LogP contribution in [0.4, 0.5) is 10.6 Å². The van der Waals surface area contributed by atoms with Crippen LogP contribution >= 0.6 is 23.2 Å². The van der Waals surface area contributed by atoms with Crippen molar-refractivity contribution in [2.75, 3.05) is 11.9 Å². The van der Waals surface area contributed by atoms with E-state index in [0.717, 1.165) is 12.5 Å². The molecular weight excluding hydrogens is 371 g/mol. The number of aromatic nitrogens is 2. The molecule has 8 nitrogen and oxygen atoms in total. The first-order chi connectivity index (χ1) is 11.7. The van der Waals surface area contributed by atoms with Crippen LogP contribution in [0, 0.1) is 0 Å². The molecule has 0 saturated heterocycles. The summed E-state index contributed by atoms with van der Waals surface area (Å²) in [6.45, 7) is 0.901. The fourth-order valence-electron chi connectivity index (χ4n) is 1.89. The first-order valence-corrected chi connectivity index (χ1v) is 7.91. The Balaban J connectivity index is 2.03. The molecule has 134 valence electrons. The minimum absolute atomic E-state index is 0.273. The Kier molecular flexibility index (Phi) is 5.89. The molecular formula is C15H16Cl2N4O4. The van der Waals surface area contributed by atoms with Gasteiger partial charge < -0.3 is 15.5 Å². The van der Waals surface area contributed by atoms with Crippen molar-refractivity contribution in [3.63, 3.8) is 0 Å². The van der Waals surface area contributed by atoms with Crippen LogP contribution in [-0.4, -0.2) is 44.1 Å². The summed E-state index contributed by atoms with van der Waals surface area (Å²) >= 11 is 12.1. The zero-order chi connectivity index (χ0) is 18.6. The number of aliphatic hydroxyl groups is 1. The van der Waals surface area contributed by atoms with E-state index in [1.54, 1.807) is 24.3 Å². The number of carbonyl (C=O) groups excluding carboxylic acids is 1. The van der Waals surface area contributed by atoms with Crippen molar-refractivity contribution in [2.45, 2.75) is 19.1 Å². The van der Waals surface area contributed by atoms with E-state index in [1.165, 1.54) is 10.9 Å². The van der Waals surface area contributed by atoms with Crippen molar-refractivity contribution in [1.29, 1.82) is 0 Å². The molecule has 1 aromatic heterocycles. The fraction of sp³-hybridized carbons (Fsp3) is 0.267. The summed E-state index contributed by atoms with van der Waals surface area (Å²) in [6.07, 6.45) is 1.49. The summed E-state index contributed by atoms with van der Waals surface area (Å²) in [4.78, 5) is 22.7. The Morgan fingerprint density at radius 3 is 2.72 bits per heavy atom. The molecule has 1 aromatic carbocycles. The first-order valence-electron chi connectivity index (χ1n) is 7.16. The Morgan fingerprint density at radius 2 is 2.04 bits per heavy atom. The van der Waals surface area contributed by atoms with Crippen LogP contribution in [-0.2, 0) is 11.3 Å². The highest BCUT2D eigenvalue weighted by atomic mass is 35.5. The van der Waals surface area contributed by atoms with E-state index < -0.39 is 24.1 Å². The van der Waals surface area contributed by atoms with Crippen molar-refractivity contribution in [3.05, 3.63) is 46.1 Å². The van der Waals surface area contributed by atoms with Crippen LogP contribution in [0.3, 0.4) is 0 Å². The van der Waals surface area contributed by atoms with Crippen molar-refractivity contribution in [3.8, 4) is 0 Å². The molecule has 0 spiro atoms. The molecule has 0 fully saturated rings. The zero-order valence-electron chi connectivity index (χ0n) is 13.2. The number of carboxylic acid groups (broad SMARTS) is 1. The number of amides is 2. The lowest BCUT2D eigenvalue weighted by Crippen LogP contribution is -2.47. The van der Waals surface area contributed by atoms with Crippen molar-refractivity contribution in [1.82, 2.24) is 15.1 Å². The van der Waals surface area contributed by atoms with Gasteiger partial charge in [-0.2, -0.15) is 5.10 Å². The summed E-state index contributed by atoms with van der Waals surface area (Å²) in [6, 6.07) is 6.08. The molecule has 2 rings (SSSR count). The van der Waals surface area contributed by atoms with E-state index in [4.69, 9.17) is 28.3 Å². The number of aliphatic carboxylic acids is 1. The third-order valence-electron chi connectivity index (χ3n) is 3.36. The molecule has 10 heteroatoms. The second-order valence-electron chi connectivity index (χ2n) is 5.47. The number of halogens is 2. The molecule has 1 unspecified atom stereocenters. The summed E-state index contributed by atoms with van der Waals surface area (Å²) < 4.78 is 1.49. The number of carboxylic acids is 1. The van der Waals surface area contributed by atoms with E-state index in [0.29, 0.717) is 15.9 Å². The minimum Gasteiger partial charge on any atom is -0.479 e. The molecule has 1 heterocycles. The molecule has 0 aliphatic carbocycles. The quantitative estimate of drug-likeness (QED) is 0.606. The average molecular weight is 387 g/mol. The molecule has 2 aromatic rings. The van der Waals surface area contributed by atoms with Crippen LogP contribution in [0.15, 0.2) is 30.5 Å². The van der Waals surface area contributed by atoms with Gasteiger partial charge in [-0.05, 0) is 18.6 Å². The third kappa shape index (κ3) is 4.85. The number of anilines is 1. The van der Waals surface area contributed by atoms with Crippen molar-refractivity contribution >= 4 is 41.0 Å². The van der Waals surface area contributed by atoms with E-state index in [1.807, 2.05) is 0 Å². The van der Waals surface area contributed by atoms with Gasteiger partial charge in [0.25, 0.3) is 0 Å². The van der Waals surface area contributed by atoms with Gasteiger partial charge in [0.1, 0.15) is 5.82 Å². The second-order valence-corrected chi connectivity index (χ2v) is 6.26. The maximum atomic E-state index is 11.9. The SMILES string of the molecule is CC(O)(CNC(=O)Nc1ccnn1Cc1cccc(Cl)c1Cl)C(=O)O. The predicted molar refractivity (Wildman–Crippen MR) is 93.1 cm³/mol. The van der Waals surface area contributed by atoms with Gasteiger partial charge in [0.15, 0.2) is 5.60 Å². The van der Waals surface area contributed by atoms with Gasteiger partial charge in [0.05, 0.1) is 29.3 Å². The van der Waals surface area contributed by atoms with Gasteiger partial charge in [-0.15, -0.1) is 0 Å². The Labute approximate surface area is 153 Å². The van der Waals surface area contributed by atoms with E-state index >= 15 is 0 Å². The van der Waals surface area contributed by atoms with E-state index in [-0.39, 0.29) is 6.54 Å². The lowest BCUT2D eigenvalue weighted by atomic mass is 10.1. The Bertz CT molecular complexity index is 792. The highest BCUT2D eigenvalue weighted by Gasteiger charge is 2.30. The van der Waals surface area contributed by atoms with Crippen molar-refractivity contribution in [2.24, 2.45) is 0 Å². The summed E-state index contributed by atoms with van der Waals surface area (Å²) in [5.74, 6) is -1.07. The van der Waals surface area contributed by atoms with Crippen LogP contribution in [0.2, 0.25) is 10.0 Å². The van der Waals surface area contributed by atoms with E-state index in [9.17, 15) is 14.7 Å². The smallest absolute Gasteiger partial charge is 0.337 e. The van der Waals surface area contributed by atoms with Gasteiger partial charge in [0, 0.05) is 6.07 Å². The normalized spacial score (nSPS) is 13.1. The maximum absolute atomic E-state index is 11.9. The topological polar surface area (TPSA) is 116 Å². The summed E-state index contributed by atoms with van der Waals surface area (Å²) in [5.41, 5.74) is -1.35. The number of nitrogens with zero attached hydrogens (tertiary/aromatic N) is 2. The molecule has 0 aliphatic heterocycles. The number of hydrogen-bond acceptors (Lipinski definition) is 4. The number of urea groups is 1. The lowest BCUT2D eigenvalue weighted by molar-refractivity contribution is -0.155. The highest BCUT2D eigenvalue weighted by Crippen LogP contribution is 2.26. The van der Waals surface area contributed by atoms with Crippen LogP contribution in [0.1, 0.15) is 12.5 Å². The summed E-state index contributed by atoms with van der Waals surface area (Å²) in [5, 5.41) is 28.1. The van der Waals surface area contributed by atoms with Gasteiger partial charge >= 0.3 is 12.0 Å². The molecule has 0 saturated carbocycles. The minimum atomic E-state index is -2.06. The predicted octanol–water partition coefficient (Wildman–Crippen LogP) is 2.20. The van der Waals surface area contributed by atoms with Gasteiger partial charge in [0.2, 0.25) is 0 Å². The monoisotopic (exact) mass is 386 g/mol. The van der Waals surface area contributed by atoms with E-state index in [2.05, 4.69) is 15.7 Å². The molecule has 0 bridgehead atoms. The Hall–Kier alpha value is -2.29. The van der Waals surface area contributed by atoms with Gasteiger partial charge in [-0.25, -0.2) is 14.3 Å². The summed E-state index contributed by atoms with van der Waals surface area (Å²) in [7, 11) is 0. The first kappa shape index (κ1) is 19.0.